The molecule has 6 heteroatoms. The molecule has 0 heterocycles. The summed E-state index contributed by atoms with van der Waals surface area (Å²) in [6.45, 7) is -0.366. The van der Waals surface area contributed by atoms with E-state index in [0.29, 0.717) is 11.6 Å². The maximum atomic E-state index is 13.5. The fraction of sp³-hybridized carbons (Fsp3) is 0.133. The number of primary amides is 1. The van der Waals surface area contributed by atoms with Crippen LogP contribution in [0.15, 0.2) is 48.5 Å². The number of halogens is 2. The Kier molecular flexibility index (Phi) is 4.18. The first-order valence-electron chi connectivity index (χ1n) is 6.15. The van der Waals surface area contributed by atoms with Crippen LogP contribution in [-0.2, 0) is 10.3 Å². The van der Waals surface area contributed by atoms with Crippen molar-refractivity contribution in [1.82, 2.24) is 0 Å². The average molecular weight is 292 g/mol. The molecule has 21 heavy (non-hydrogen) atoms. The van der Waals surface area contributed by atoms with Crippen molar-refractivity contribution in [2.24, 2.45) is 11.5 Å². The van der Waals surface area contributed by atoms with Crippen LogP contribution in [0, 0.1) is 11.6 Å². The van der Waals surface area contributed by atoms with Gasteiger partial charge in [-0.15, -0.1) is 0 Å². The largest absolute Gasteiger partial charge is 0.488 e. The standard InChI is InChI=1S/C15H14F2N2O2/c16-11-6-7-13(12(17)8-11)21-9-15(19,14(18)20)10-4-2-1-3-5-10/h1-8H,9,19H2,(H2,18,20). The molecule has 2 aromatic rings. The van der Waals surface area contributed by atoms with Crippen LogP contribution < -0.4 is 16.2 Å². The van der Waals surface area contributed by atoms with Crippen LogP contribution in [0.3, 0.4) is 0 Å². The molecule has 0 saturated heterocycles. The van der Waals surface area contributed by atoms with E-state index >= 15 is 0 Å². The number of ether oxygens (including phenoxy) is 1. The van der Waals surface area contributed by atoms with Crippen molar-refractivity contribution >= 4 is 5.91 Å². The van der Waals surface area contributed by atoms with Crippen LogP contribution in [0.4, 0.5) is 8.78 Å². The maximum absolute atomic E-state index is 13.5. The molecule has 110 valence electrons. The van der Waals surface area contributed by atoms with E-state index in [-0.39, 0.29) is 12.4 Å². The van der Waals surface area contributed by atoms with Gasteiger partial charge >= 0.3 is 0 Å². The highest BCUT2D eigenvalue weighted by atomic mass is 19.1. The van der Waals surface area contributed by atoms with Crippen molar-refractivity contribution in [1.29, 1.82) is 0 Å². The lowest BCUT2D eigenvalue weighted by Crippen LogP contribution is -2.53. The van der Waals surface area contributed by atoms with E-state index in [1.807, 2.05) is 0 Å². The summed E-state index contributed by atoms with van der Waals surface area (Å²) >= 11 is 0. The molecule has 4 nitrogen and oxygen atoms in total. The lowest BCUT2D eigenvalue weighted by molar-refractivity contribution is -0.124. The fourth-order valence-corrected chi connectivity index (χ4v) is 1.82. The van der Waals surface area contributed by atoms with Gasteiger partial charge in [0.1, 0.15) is 12.4 Å². The highest BCUT2D eigenvalue weighted by molar-refractivity contribution is 5.86. The second-order valence-corrected chi connectivity index (χ2v) is 4.57. The number of hydrogen-bond acceptors (Lipinski definition) is 3. The zero-order valence-electron chi connectivity index (χ0n) is 11.1. The van der Waals surface area contributed by atoms with Crippen LogP contribution in [0.5, 0.6) is 5.75 Å². The van der Waals surface area contributed by atoms with Gasteiger partial charge in [0, 0.05) is 6.07 Å². The minimum absolute atomic E-state index is 0.205. The van der Waals surface area contributed by atoms with Crippen LogP contribution in [0.25, 0.3) is 0 Å². The Labute approximate surface area is 120 Å². The predicted octanol–water partition coefficient (Wildman–Crippen LogP) is 1.68. The second-order valence-electron chi connectivity index (χ2n) is 4.57. The number of nitrogens with two attached hydrogens (primary N) is 2. The second kappa shape index (κ2) is 5.88. The SMILES string of the molecule is NC(=O)C(N)(COc1ccc(F)cc1F)c1ccccc1. The molecule has 0 radical (unpaired) electrons. The molecule has 1 unspecified atom stereocenters. The summed E-state index contributed by atoms with van der Waals surface area (Å²) in [5.41, 5.74) is 10.2. The van der Waals surface area contributed by atoms with E-state index in [1.165, 1.54) is 0 Å². The monoisotopic (exact) mass is 292 g/mol. The number of carbonyl (C=O) groups excluding carboxylic acids is 1. The number of carbonyl (C=O) groups is 1. The Morgan fingerprint density at radius 3 is 2.38 bits per heavy atom. The third-order valence-electron chi connectivity index (χ3n) is 3.08. The molecule has 0 bridgehead atoms. The molecule has 0 spiro atoms. The predicted molar refractivity (Wildman–Crippen MR) is 73.4 cm³/mol. The Morgan fingerprint density at radius 2 is 1.81 bits per heavy atom. The molecule has 1 amide bonds. The van der Waals surface area contributed by atoms with Crippen LogP contribution in [0.2, 0.25) is 0 Å². The molecular weight excluding hydrogens is 278 g/mol. The van der Waals surface area contributed by atoms with Gasteiger partial charge in [0.25, 0.3) is 0 Å². The van der Waals surface area contributed by atoms with Gasteiger partial charge in [0.2, 0.25) is 5.91 Å². The summed E-state index contributed by atoms with van der Waals surface area (Å²) in [4.78, 5) is 11.6. The van der Waals surface area contributed by atoms with E-state index in [0.717, 1.165) is 12.1 Å². The maximum Gasteiger partial charge on any atom is 0.245 e. The van der Waals surface area contributed by atoms with E-state index in [9.17, 15) is 13.6 Å². The summed E-state index contributed by atoms with van der Waals surface area (Å²) < 4.78 is 31.5. The average Bonchev–Trinajstić information content (AvgIpc) is 2.46. The van der Waals surface area contributed by atoms with Crippen LogP contribution in [0.1, 0.15) is 5.56 Å². The van der Waals surface area contributed by atoms with Gasteiger partial charge in [-0.2, -0.15) is 0 Å². The molecule has 0 fully saturated rings. The van der Waals surface area contributed by atoms with Gasteiger partial charge < -0.3 is 16.2 Å². The number of hydrogen-bond donors (Lipinski definition) is 2. The summed E-state index contributed by atoms with van der Waals surface area (Å²) in [6, 6.07) is 11.2. The lowest BCUT2D eigenvalue weighted by Gasteiger charge is -2.26. The minimum atomic E-state index is -1.61. The highest BCUT2D eigenvalue weighted by Gasteiger charge is 2.35. The van der Waals surface area contributed by atoms with E-state index < -0.39 is 23.1 Å². The van der Waals surface area contributed by atoms with Crippen LogP contribution in [-0.4, -0.2) is 12.5 Å². The third kappa shape index (κ3) is 3.17. The number of rotatable bonds is 5. The minimum Gasteiger partial charge on any atom is -0.488 e. The molecule has 0 aliphatic heterocycles. The first kappa shape index (κ1) is 14.9. The van der Waals surface area contributed by atoms with Gasteiger partial charge in [-0.25, -0.2) is 8.78 Å². The van der Waals surface area contributed by atoms with Gasteiger partial charge in [-0.3, -0.25) is 4.79 Å². The van der Waals surface area contributed by atoms with Crippen LogP contribution >= 0.6 is 0 Å². The zero-order valence-corrected chi connectivity index (χ0v) is 11.1. The summed E-state index contributed by atoms with van der Waals surface area (Å²) in [6.07, 6.45) is 0. The summed E-state index contributed by atoms with van der Waals surface area (Å²) in [5.74, 6) is -2.62. The molecule has 0 aromatic heterocycles. The first-order chi connectivity index (χ1) is 9.93. The van der Waals surface area contributed by atoms with Crippen molar-refractivity contribution in [3.63, 3.8) is 0 Å². The number of benzene rings is 2. The molecule has 0 saturated carbocycles. The molecule has 1 atom stereocenters. The molecule has 2 rings (SSSR count). The van der Waals surface area contributed by atoms with Gasteiger partial charge in [-0.1, -0.05) is 30.3 Å². The third-order valence-corrected chi connectivity index (χ3v) is 3.08. The summed E-state index contributed by atoms with van der Waals surface area (Å²) in [5, 5.41) is 0. The first-order valence-corrected chi connectivity index (χ1v) is 6.15. The number of amides is 1. The summed E-state index contributed by atoms with van der Waals surface area (Å²) in [7, 11) is 0. The van der Waals surface area contributed by atoms with Crippen molar-refractivity contribution < 1.29 is 18.3 Å². The van der Waals surface area contributed by atoms with Gasteiger partial charge in [0.15, 0.2) is 17.1 Å². The smallest absolute Gasteiger partial charge is 0.245 e. The Bertz CT molecular complexity index is 649. The van der Waals surface area contributed by atoms with E-state index in [4.69, 9.17) is 16.2 Å². The zero-order chi connectivity index (χ0) is 15.5. The van der Waals surface area contributed by atoms with E-state index in [2.05, 4.69) is 0 Å². The van der Waals surface area contributed by atoms with Crippen molar-refractivity contribution in [2.75, 3.05) is 6.61 Å². The Balaban J connectivity index is 2.23. The molecular formula is C15H14F2N2O2. The van der Waals surface area contributed by atoms with E-state index in [1.54, 1.807) is 30.3 Å². The normalized spacial score (nSPS) is 13.5. The van der Waals surface area contributed by atoms with Gasteiger partial charge in [0.05, 0.1) is 0 Å². The fourth-order valence-electron chi connectivity index (χ4n) is 1.82. The molecule has 0 aliphatic carbocycles. The lowest BCUT2D eigenvalue weighted by atomic mass is 9.91. The molecule has 0 aliphatic rings. The van der Waals surface area contributed by atoms with Crippen molar-refractivity contribution in [3.05, 3.63) is 65.7 Å². The topological polar surface area (TPSA) is 78.3 Å². The molecule has 2 aromatic carbocycles. The van der Waals surface area contributed by atoms with Crippen molar-refractivity contribution in [3.8, 4) is 5.75 Å². The quantitative estimate of drug-likeness (QED) is 0.880. The Hall–Kier alpha value is -2.47. The molecule has 4 N–H and O–H groups in total. The highest BCUT2D eigenvalue weighted by Crippen LogP contribution is 2.22. The Morgan fingerprint density at radius 1 is 1.14 bits per heavy atom. The van der Waals surface area contributed by atoms with Crippen molar-refractivity contribution in [2.45, 2.75) is 5.54 Å². The van der Waals surface area contributed by atoms with Gasteiger partial charge in [-0.05, 0) is 17.7 Å².